The molecule has 3 rings (SSSR count). The van der Waals surface area contributed by atoms with Crippen LogP contribution in [0.2, 0.25) is 0 Å². The van der Waals surface area contributed by atoms with Gasteiger partial charge >= 0.3 is 0 Å². The summed E-state index contributed by atoms with van der Waals surface area (Å²) in [7, 11) is 3.30. The standard InChI is InChI=1S/C24H31N5O4S/c1-13(2)9-17-20(22(25)31)19(15-7-8-16(27-12-30)18(10-15)33-4)21(23(26)32)24(28-17)29(3)34-11-14-5-6-14/h7-8,10,12-14H,5-6,9,11H2,1-4H3,(H2,25,31)(H2,26,32)(H,27,30). The second kappa shape index (κ2) is 10.8. The number of nitrogens with zero attached hydrogens (tertiary/aromatic N) is 2. The maximum atomic E-state index is 12.8. The van der Waals surface area contributed by atoms with Gasteiger partial charge in [0, 0.05) is 18.4 Å². The van der Waals surface area contributed by atoms with Crippen LogP contribution in [-0.4, -0.2) is 43.1 Å². The number of carbonyl (C=O) groups excluding carboxylic acids is 3. The fourth-order valence-corrected chi connectivity index (χ4v) is 4.78. The Morgan fingerprint density at radius 3 is 2.47 bits per heavy atom. The minimum Gasteiger partial charge on any atom is -0.495 e. The Labute approximate surface area is 203 Å². The first kappa shape index (κ1) is 25.4. The van der Waals surface area contributed by atoms with Gasteiger partial charge in [0.05, 0.1) is 29.6 Å². The Morgan fingerprint density at radius 1 is 1.26 bits per heavy atom. The minimum atomic E-state index is -0.718. The number of benzene rings is 1. The van der Waals surface area contributed by atoms with Crippen molar-refractivity contribution in [2.75, 3.05) is 29.5 Å². The highest BCUT2D eigenvalue weighted by atomic mass is 32.2. The van der Waals surface area contributed by atoms with Crippen LogP contribution < -0.4 is 25.8 Å². The van der Waals surface area contributed by atoms with Crippen LogP contribution in [0.5, 0.6) is 5.75 Å². The minimum absolute atomic E-state index is 0.116. The number of primary amides is 2. The van der Waals surface area contributed by atoms with Crippen molar-refractivity contribution < 1.29 is 19.1 Å². The van der Waals surface area contributed by atoms with Crippen molar-refractivity contribution in [2.24, 2.45) is 23.3 Å². The number of methoxy groups -OCH3 is 1. The largest absolute Gasteiger partial charge is 0.495 e. The van der Waals surface area contributed by atoms with Crippen molar-refractivity contribution in [1.82, 2.24) is 4.98 Å². The summed E-state index contributed by atoms with van der Waals surface area (Å²) in [5.74, 6) is 1.08. The monoisotopic (exact) mass is 485 g/mol. The highest BCUT2D eigenvalue weighted by molar-refractivity contribution is 8.00. The molecule has 0 bridgehead atoms. The Morgan fingerprint density at radius 2 is 1.94 bits per heavy atom. The predicted octanol–water partition coefficient (Wildman–Crippen LogP) is 3.22. The van der Waals surface area contributed by atoms with Crippen LogP contribution in [0.1, 0.15) is 53.1 Å². The maximum Gasteiger partial charge on any atom is 0.253 e. The molecule has 0 atom stereocenters. The Hall–Kier alpha value is -3.27. The van der Waals surface area contributed by atoms with E-state index in [1.54, 1.807) is 30.1 Å². The van der Waals surface area contributed by atoms with E-state index in [1.807, 2.05) is 25.2 Å². The molecule has 1 heterocycles. The van der Waals surface area contributed by atoms with Crippen molar-refractivity contribution in [3.05, 3.63) is 35.0 Å². The molecule has 9 nitrogen and oxygen atoms in total. The number of carbonyl (C=O) groups is 3. The Kier molecular flexibility index (Phi) is 8.03. The molecule has 0 saturated heterocycles. The van der Waals surface area contributed by atoms with Crippen molar-refractivity contribution in [2.45, 2.75) is 33.1 Å². The topological polar surface area (TPSA) is 141 Å². The van der Waals surface area contributed by atoms with Crippen molar-refractivity contribution in [3.8, 4) is 16.9 Å². The average molecular weight is 486 g/mol. The molecule has 34 heavy (non-hydrogen) atoms. The zero-order chi connectivity index (χ0) is 25.0. The number of nitrogens with two attached hydrogens (primary N) is 2. The summed E-state index contributed by atoms with van der Waals surface area (Å²) in [6.45, 7) is 4.03. The number of ether oxygens (including phenoxy) is 1. The normalized spacial score (nSPS) is 13.0. The van der Waals surface area contributed by atoms with Crippen LogP contribution in [-0.2, 0) is 11.2 Å². The van der Waals surface area contributed by atoms with E-state index in [0.717, 1.165) is 5.75 Å². The molecular formula is C24H31N5O4S. The molecule has 3 amide bonds. The van der Waals surface area contributed by atoms with Crippen LogP contribution in [0.15, 0.2) is 18.2 Å². The molecule has 1 aliphatic carbocycles. The first-order valence-electron chi connectivity index (χ1n) is 11.1. The molecule has 1 aliphatic rings. The summed E-state index contributed by atoms with van der Waals surface area (Å²) >= 11 is 1.57. The zero-order valence-electron chi connectivity index (χ0n) is 19.9. The molecule has 182 valence electrons. The number of aromatic nitrogens is 1. The summed E-state index contributed by atoms with van der Waals surface area (Å²) in [4.78, 5) is 41.2. The Bertz CT molecular complexity index is 1100. The number of nitrogens with one attached hydrogen (secondary N) is 1. The van der Waals surface area contributed by atoms with Gasteiger partial charge in [0.25, 0.3) is 11.8 Å². The van der Waals surface area contributed by atoms with Crippen molar-refractivity contribution in [1.29, 1.82) is 0 Å². The summed E-state index contributed by atoms with van der Waals surface area (Å²) in [6.07, 6.45) is 3.42. The van der Waals surface area contributed by atoms with E-state index < -0.39 is 11.8 Å². The predicted molar refractivity (Wildman–Crippen MR) is 135 cm³/mol. The molecule has 1 fully saturated rings. The van der Waals surface area contributed by atoms with Gasteiger partial charge < -0.3 is 25.8 Å². The molecule has 0 unspecified atom stereocenters. The van der Waals surface area contributed by atoms with E-state index >= 15 is 0 Å². The first-order valence-corrected chi connectivity index (χ1v) is 12.0. The first-order chi connectivity index (χ1) is 16.2. The molecular weight excluding hydrogens is 454 g/mol. The number of pyridine rings is 1. The summed E-state index contributed by atoms with van der Waals surface area (Å²) in [6, 6.07) is 4.95. The van der Waals surface area contributed by atoms with Gasteiger partial charge in [-0.15, -0.1) is 0 Å². The molecule has 5 N–H and O–H groups in total. The second-order valence-corrected chi connectivity index (χ2v) is 9.89. The van der Waals surface area contributed by atoms with Gasteiger partial charge in [-0.1, -0.05) is 19.9 Å². The quantitative estimate of drug-likeness (QED) is 0.310. The maximum absolute atomic E-state index is 12.8. The highest BCUT2D eigenvalue weighted by Gasteiger charge is 2.30. The van der Waals surface area contributed by atoms with Gasteiger partial charge in [-0.05, 0) is 60.7 Å². The van der Waals surface area contributed by atoms with Gasteiger partial charge in [0.1, 0.15) is 5.75 Å². The number of rotatable bonds is 12. The van der Waals surface area contributed by atoms with Crippen LogP contribution in [0.25, 0.3) is 11.1 Å². The van der Waals surface area contributed by atoms with Crippen LogP contribution >= 0.6 is 11.9 Å². The lowest BCUT2D eigenvalue weighted by molar-refractivity contribution is -0.105. The molecule has 10 heteroatoms. The molecule has 0 aliphatic heterocycles. The lowest BCUT2D eigenvalue weighted by atomic mass is 9.90. The van der Waals surface area contributed by atoms with Crippen molar-refractivity contribution >= 4 is 41.7 Å². The SMILES string of the molecule is COc1cc(-c2c(C(N)=O)c(CC(C)C)nc(N(C)SCC3CC3)c2C(N)=O)ccc1NC=O. The van der Waals surface area contributed by atoms with Gasteiger partial charge in [0.15, 0.2) is 5.82 Å². The summed E-state index contributed by atoms with van der Waals surface area (Å²) < 4.78 is 7.26. The van der Waals surface area contributed by atoms with Gasteiger partial charge in [0.2, 0.25) is 6.41 Å². The number of hydrogen-bond acceptors (Lipinski definition) is 7. The highest BCUT2D eigenvalue weighted by Crippen LogP contribution is 2.41. The second-order valence-electron chi connectivity index (χ2n) is 8.75. The third-order valence-corrected chi connectivity index (χ3v) is 6.73. The van der Waals surface area contributed by atoms with Gasteiger partial charge in [-0.2, -0.15) is 0 Å². The molecule has 1 aromatic carbocycles. The number of hydrogen-bond donors (Lipinski definition) is 3. The third kappa shape index (κ3) is 5.61. The van der Waals surface area contributed by atoms with Gasteiger partial charge in [-0.3, -0.25) is 14.4 Å². The number of anilines is 2. The molecule has 2 aromatic rings. The van der Waals surface area contributed by atoms with E-state index in [2.05, 4.69) is 5.32 Å². The van der Waals surface area contributed by atoms with E-state index in [-0.39, 0.29) is 17.0 Å². The lowest BCUT2D eigenvalue weighted by Gasteiger charge is -2.25. The van der Waals surface area contributed by atoms with E-state index in [9.17, 15) is 14.4 Å². The van der Waals surface area contributed by atoms with Crippen LogP contribution in [0.4, 0.5) is 11.5 Å². The van der Waals surface area contributed by atoms with Gasteiger partial charge in [-0.25, -0.2) is 4.98 Å². The average Bonchev–Trinajstić information content (AvgIpc) is 3.60. The fourth-order valence-electron chi connectivity index (χ4n) is 3.76. The molecule has 0 spiro atoms. The fraction of sp³-hybridized carbons (Fsp3) is 0.417. The smallest absolute Gasteiger partial charge is 0.253 e. The zero-order valence-corrected chi connectivity index (χ0v) is 20.7. The van der Waals surface area contributed by atoms with Crippen LogP contribution in [0, 0.1) is 11.8 Å². The number of amides is 3. The lowest BCUT2D eigenvalue weighted by Crippen LogP contribution is -2.26. The van der Waals surface area contributed by atoms with E-state index in [1.165, 1.54) is 20.0 Å². The molecule has 1 saturated carbocycles. The van der Waals surface area contributed by atoms with Crippen LogP contribution in [0.3, 0.4) is 0 Å². The van der Waals surface area contributed by atoms with E-state index in [4.69, 9.17) is 21.2 Å². The third-order valence-electron chi connectivity index (χ3n) is 5.55. The van der Waals surface area contributed by atoms with Crippen molar-refractivity contribution in [3.63, 3.8) is 0 Å². The summed E-state index contributed by atoms with van der Waals surface area (Å²) in [5, 5.41) is 2.57. The Balaban J connectivity index is 2.31. The summed E-state index contributed by atoms with van der Waals surface area (Å²) in [5.41, 5.74) is 13.7. The van der Waals surface area contributed by atoms with E-state index in [0.29, 0.717) is 52.8 Å². The molecule has 1 aromatic heterocycles. The molecule has 0 radical (unpaired) electrons.